The van der Waals surface area contributed by atoms with Gasteiger partial charge in [0, 0.05) is 20.2 Å². The molecular weight excluding hydrogens is 390 g/mol. The molecule has 2 aromatic rings. The number of nitrogens with zero attached hydrogens (tertiary/aromatic N) is 1. The Bertz CT molecular complexity index is 857. The minimum absolute atomic E-state index is 0.400. The van der Waals surface area contributed by atoms with Crippen LogP contribution in [-0.4, -0.2) is 43.9 Å². The lowest BCUT2D eigenvalue weighted by atomic mass is 10.1. The molecule has 0 atom stereocenters. The second-order valence-corrected chi connectivity index (χ2v) is 8.22. The first kappa shape index (κ1) is 24.1. The molecule has 3 nitrogen and oxygen atoms in total. The van der Waals surface area contributed by atoms with Crippen molar-refractivity contribution < 1.29 is 9.47 Å². The van der Waals surface area contributed by atoms with Crippen LogP contribution in [0.15, 0.2) is 65.4 Å². The summed E-state index contributed by atoms with van der Waals surface area (Å²) in [6.45, 7) is 10.1. The number of hydrogen-bond donors (Lipinski definition) is 0. The minimum atomic E-state index is -0.400. The van der Waals surface area contributed by atoms with Gasteiger partial charge in [0.15, 0.2) is 0 Å². The van der Waals surface area contributed by atoms with Gasteiger partial charge in [-0.15, -0.1) is 0 Å². The van der Waals surface area contributed by atoms with Gasteiger partial charge in [0.25, 0.3) is 0 Å². The van der Waals surface area contributed by atoms with Gasteiger partial charge in [-0.3, -0.25) is 4.90 Å². The molecule has 4 heteroatoms. The molecule has 0 aliphatic rings. The fraction of sp³-hybridized carbons (Fsp3) is 0.385. The highest BCUT2D eigenvalue weighted by molar-refractivity contribution is 7.08. The van der Waals surface area contributed by atoms with E-state index < -0.39 is 5.60 Å². The largest absolute Gasteiger partial charge is 0.373 e. The van der Waals surface area contributed by atoms with Crippen LogP contribution in [0.5, 0.6) is 0 Å². The molecule has 0 saturated carbocycles. The predicted molar refractivity (Wildman–Crippen MR) is 129 cm³/mol. The Balaban J connectivity index is 1.68. The van der Waals surface area contributed by atoms with E-state index in [2.05, 4.69) is 83.0 Å². The van der Waals surface area contributed by atoms with Gasteiger partial charge >= 0.3 is 0 Å². The summed E-state index contributed by atoms with van der Waals surface area (Å²) in [5, 5.41) is 4.28. The van der Waals surface area contributed by atoms with Gasteiger partial charge in [-0.1, -0.05) is 55.2 Å². The Kier molecular flexibility index (Phi) is 10.6. The van der Waals surface area contributed by atoms with Crippen LogP contribution in [0.1, 0.15) is 26.3 Å². The fourth-order valence-corrected chi connectivity index (χ4v) is 3.33. The number of hydrogen-bond acceptors (Lipinski definition) is 4. The van der Waals surface area contributed by atoms with Crippen molar-refractivity contribution in [3.05, 3.63) is 71.0 Å². The van der Waals surface area contributed by atoms with Gasteiger partial charge < -0.3 is 9.47 Å². The Morgan fingerprint density at radius 2 is 1.93 bits per heavy atom. The third-order valence-corrected chi connectivity index (χ3v) is 5.37. The van der Waals surface area contributed by atoms with Crippen LogP contribution < -0.4 is 0 Å². The van der Waals surface area contributed by atoms with Crippen molar-refractivity contribution in [1.82, 2.24) is 4.90 Å². The first-order valence-corrected chi connectivity index (χ1v) is 11.3. The average molecular weight is 424 g/mol. The van der Waals surface area contributed by atoms with Crippen LogP contribution in [0.4, 0.5) is 0 Å². The summed E-state index contributed by atoms with van der Waals surface area (Å²) in [4.78, 5) is 2.33. The van der Waals surface area contributed by atoms with Crippen LogP contribution in [0.3, 0.4) is 0 Å². The molecule has 0 saturated heterocycles. The second kappa shape index (κ2) is 13.2. The molecule has 0 amide bonds. The van der Waals surface area contributed by atoms with Gasteiger partial charge in [-0.05, 0) is 66.1 Å². The second-order valence-electron chi connectivity index (χ2n) is 7.44. The Morgan fingerprint density at radius 3 is 2.67 bits per heavy atom. The molecule has 0 unspecified atom stereocenters. The molecule has 1 aromatic carbocycles. The van der Waals surface area contributed by atoms with Crippen molar-refractivity contribution in [1.29, 1.82) is 0 Å². The van der Waals surface area contributed by atoms with Gasteiger partial charge in [0.2, 0.25) is 0 Å². The maximum Gasteiger partial charge on any atom is 0.123 e. The first-order valence-electron chi connectivity index (χ1n) is 10.3. The van der Waals surface area contributed by atoms with E-state index in [1.54, 1.807) is 18.4 Å². The highest BCUT2D eigenvalue weighted by Crippen LogP contribution is 2.23. The zero-order chi connectivity index (χ0) is 21.7. The maximum atomic E-state index is 5.82. The van der Waals surface area contributed by atoms with E-state index in [0.29, 0.717) is 13.2 Å². The monoisotopic (exact) mass is 423 g/mol. The molecule has 1 heterocycles. The smallest absolute Gasteiger partial charge is 0.123 e. The highest BCUT2D eigenvalue weighted by atomic mass is 32.1. The molecular formula is C26H33NO2S. The molecule has 0 spiro atoms. The molecule has 160 valence electrons. The van der Waals surface area contributed by atoms with Crippen molar-refractivity contribution in [3.63, 3.8) is 0 Å². The van der Waals surface area contributed by atoms with Crippen molar-refractivity contribution in [2.45, 2.75) is 33.0 Å². The summed E-state index contributed by atoms with van der Waals surface area (Å²) in [6.07, 6.45) is 8.25. The number of thiophene rings is 1. The number of likely N-dealkylation sites (N-methyl/N-ethyl adjacent to an activating group) is 1. The normalized spacial score (nSPS) is 12.0. The minimum Gasteiger partial charge on any atom is -0.373 e. The number of ether oxygens (including phenoxy) is 2. The van der Waals surface area contributed by atoms with Gasteiger partial charge in [-0.25, -0.2) is 0 Å². The molecule has 2 rings (SSSR count). The number of rotatable bonds is 11. The molecule has 0 fully saturated rings. The van der Waals surface area contributed by atoms with Gasteiger partial charge in [0.05, 0.1) is 13.2 Å². The maximum absolute atomic E-state index is 5.82. The highest BCUT2D eigenvalue weighted by Gasteiger charge is 2.10. The zero-order valence-electron chi connectivity index (χ0n) is 18.6. The predicted octanol–water partition coefficient (Wildman–Crippen LogP) is 5.79. The van der Waals surface area contributed by atoms with Gasteiger partial charge in [0.1, 0.15) is 5.60 Å². The van der Waals surface area contributed by atoms with E-state index in [1.165, 1.54) is 16.7 Å². The topological polar surface area (TPSA) is 21.7 Å². The van der Waals surface area contributed by atoms with Crippen LogP contribution in [0, 0.1) is 11.8 Å². The van der Waals surface area contributed by atoms with E-state index in [-0.39, 0.29) is 0 Å². The molecule has 0 bridgehead atoms. The molecule has 0 N–H and O–H groups in total. The van der Waals surface area contributed by atoms with Crippen LogP contribution in [-0.2, 0) is 16.1 Å². The quantitative estimate of drug-likeness (QED) is 0.259. The molecule has 0 aliphatic carbocycles. The van der Waals surface area contributed by atoms with Crippen LogP contribution in [0.2, 0.25) is 0 Å². The lowest BCUT2D eigenvalue weighted by Gasteiger charge is -2.15. The van der Waals surface area contributed by atoms with Crippen molar-refractivity contribution in [2.75, 3.05) is 33.4 Å². The zero-order valence-corrected chi connectivity index (χ0v) is 19.4. The summed E-state index contributed by atoms with van der Waals surface area (Å²) in [7, 11) is 1.68. The third kappa shape index (κ3) is 9.11. The van der Waals surface area contributed by atoms with Crippen molar-refractivity contribution in [2.24, 2.45) is 0 Å². The summed E-state index contributed by atoms with van der Waals surface area (Å²) in [5.41, 5.74) is 3.31. The van der Waals surface area contributed by atoms with Crippen LogP contribution in [0.25, 0.3) is 11.1 Å². The first-order chi connectivity index (χ1) is 14.5. The van der Waals surface area contributed by atoms with E-state index in [4.69, 9.17) is 9.47 Å². The summed E-state index contributed by atoms with van der Waals surface area (Å²) in [6, 6.07) is 10.7. The van der Waals surface area contributed by atoms with E-state index in [9.17, 15) is 0 Å². The van der Waals surface area contributed by atoms with E-state index in [0.717, 1.165) is 19.6 Å². The average Bonchev–Trinajstić information content (AvgIpc) is 3.29. The number of benzene rings is 1. The summed E-state index contributed by atoms with van der Waals surface area (Å²) >= 11 is 1.72. The van der Waals surface area contributed by atoms with E-state index in [1.807, 2.05) is 19.9 Å². The lowest BCUT2D eigenvalue weighted by Crippen LogP contribution is -2.23. The van der Waals surface area contributed by atoms with Gasteiger partial charge in [-0.2, -0.15) is 11.3 Å². The fourth-order valence-electron chi connectivity index (χ4n) is 2.67. The third-order valence-electron chi connectivity index (χ3n) is 4.69. The Hall–Kier alpha value is -2.16. The molecule has 0 radical (unpaired) electrons. The van der Waals surface area contributed by atoms with Crippen LogP contribution >= 0.6 is 11.3 Å². The summed E-state index contributed by atoms with van der Waals surface area (Å²) in [5.74, 6) is 6.13. The van der Waals surface area contributed by atoms with Crippen molar-refractivity contribution >= 4 is 11.3 Å². The molecule has 1 aromatic heterocycles. The number of methoxy groups -OCH3 is 1. The summed E-state index contributed by atoms with van der Waals surface area (Å²) < 4.78 is 11.1. The molecule has 0 aliphatic heterocycles. The van der Waals surface area contributed by atoms with Crippen molar-refractivity contribution in [3.8, 4) is 23.0 Å². The van der Waals surface area contributed by atoms with E-state index >= 15 is 0 Å². The standard InChI is InChI=1S/C26H33NO2S/c1-5-27(16-8-6-7-15-26(2,3)28-4)17-9-10-18-29-21-23-12-11-13-24(20-23)25-14-19-30-22-25/h6,8-14,19-20,22H,5,16-18,21H2,1-4H3/b8-6+,10-9+. The Labute approximate surface area is 186 Å². The Morgan fingerprint density at radius 1 is 1.10 bits per heavy atom. The SMILES string of the molecule is CCN(C/C=C/C#CC(C)(C)OC)C/C=C/COCc1cccc(-c2ccsc2)c1. The molecule has 30 heavy (non-hydrogen) atoms. The number of allylic oxidation sites excluding steroid dienone is 1. The lowest BCUT2D eigenvalue weighted by molar-refractivity contribution is 0.0742.